The number of halogens is 4. The van der Waals surface area contributed by atoms with Crippen LogP contribution in [-0.2, 0) is 21.2 Å². The minimum atomic E-state index is -5.02. The molecule has 2 aromatic carbocycles. The predicted octanol–water partition coefficient (Wildman–Crippen LogP) is 3.97. The minimum Gasteiger partial charge on any atom is -0.455 e. The van der Waals surface area contributed by atoms with Crippen molar-refractivity contribution < 1.29 is 40.0 Å². The van der Waals surface area contributed by atoms with E-state index in [9.17, 15) is 30.8 Å². The minimum absolute atomic E-state index is 0.0336. The van der Waals surface area contributed by atoms with Crippen molar-refractivity contribution in [3.8, 4) is 11.3 Å². The van der Waals surface area contributed by atoms with Crippen molar-refractivity contribution in [3.05, 3.63) is 71.4 Å². The molecule has 0 aliphatic heterocycles. The maximum atomic E-state index is 13.8. The lowest BCUT2D eigenvalue weighted by Crippen LogP contribution is -2.17. The third-order valence-electron chi connectivity index (χ3n) is 3.75. The Labute approximate surface area is 161 Å². The summed E-state index contributed by atoms with van der Waals surface area (Å²) in [6.45, 7) is -0.506. The number of esters is 1. The molecule has 0 saturated heterocycles. The highest BCUT2D eigenvalue weighted by molar-refractivity contribution is 7.91. The molecule has 29 heavy (non-hydrogen) atoms. The SMILES string of the molecule is O=C(OCc1cc(-c2ccc(F)cc2F)on1)c1ccccc1S(=O)(=O)C(F)F. The summed E-state index contributed by atoms with van der Waals surface area (Å²) in [6.07, 6.45) is 0. The monoisotopic (exact) mass is 429 g/mol. The van der Waals surface area contributed by atoms with Gasteiger partial charge in [-0.2, -0.15) is 8.78 Å². The lowest BCUT2D eigenvalue weighted by molar-refractivity contribution is 0.0459. The van der Waals surface area contributed by atoms with Crippen LogP contribution < -0.4 is 0 Å². The molecule has 0 fully saturated rings. The first-order valence-corrected chi connectivity index (χ1v) is 9.44. The first-order valence-electron chi connectivity index (χ1n) is 7.89. The van der Waals surface area contributed by atoms with E-state index >= 15 is 0 Å². The standard InChI is InChI=1S/C18H11F4NO5S/c19-10-5-6-12(14(20)7-10)15-8-11(23-28-15)9-27-17(24)13-3-1-2-4-16(13)29(25,26)18(21)22/h1-8,18H,9H2. The molecule has 0 aliphatic rings. The summed E-state index contributed by atoms with van der Waals surface area (Å²) in [5.41, 5.74) is -0.614. The summed E-state index contributed by atoms with van der Waals surface area (Å²) < 4.78 is 85.6. The zero-order chi connectivity index (χ0) is 21.2. The van der Waals surface area contributed by atoms with Gasteiger partial charge in [0.1, 0.15) is 23.9 Å². The van der Waals surface area contributed by atoms with Gasteiger partial charge in [0.05, 0.1) is 16.0 Å². The van der Waals surface area contributed by atoms with Crippen LogP contribution in [0.3, 0.4) is 0 Å². The van der Waals surface area contributed by atoms with Gasteiger partial charge in [0, 0.05) is 12.1 Å². The van der Waals surface area contributed by atoms with Crippen molar-refractivity contribution in [1.29, 1.82) is 0 Å². The molecule has 11 heteroatoms. The summed E-state index contributed by atoms with van der Waals surface area (Å²) in [6, 6.07) is 8.39. The number of aromatic nitrogens is 1. The molecule has 0 unspecified atom stereocenters. The highest BCUT2D eigenvalue weighted by Crippen LogP contribution is 2.26. The highest BCUT2D eigenvalue weighted by Gasteiger charge is 2.31. The van der Waals surface area contributed by atoms with Gasteiger partial charge in [0.2, 0.25) is 9.84 Å². The zero-order valence-corrected chi connectivity index (χ0v) is 15.1. The topological polar surface area (TPSA) is 86.5 Å². The molecule has 1 heterocycles. The van der Waals surface area contributed by atoms with Gasteiger partial charge in [-0.1, -0.05) is 17.3 Å². The van der Waals surface area contributed by atoms with E-state index in [1.54, 1.807) is 0 Å². The Kier molecular flexibility index (Phi) is 5.69. The van der Waals surface area contributed by atoms with Gasteiger partial charge >= 0.3 is 11.7 Å². The highest BCUT2D eigenvalue weighted by atomic mass is 32.2. The van der Waals surface area contributed by atoms with Crippen LogP contribution in [0.1, 0.15) is 16.1 Å². The van der Waals surface area contributed by atoms with Crippen molar-refractivity contribution in [2.24, 2.45) is 0 Å². The molecule has 0 saturated carbocycles. The maximum Gasteiger partial charge on any atom is 0.341 e. The lowest BCUT2D eigenvalue weighted by Gasteiger charge is -2.09. The molecule has 0 aliphatic carbocycles. The number of hydrogen-bond donors (Lipinski definition) is 0. The molecule has 0 N–H and O–H groups in total. The summed E-state index contributed by atoms with van der Waals surface area (Å²) in [5, 5.41) is 3.57. The van der Waals surface area contributed by atoms with Gasteiger partial charge < -0.3 is 9.26 Å². The molecule has 152 valence electrons. The number of hydrogen-bond acceptors (Lipinski definition) is 6. The predicted molar refractivity (Wildman–Crippen MR) is 90.6 cm³/mol. The van der Waals surface area contributed by atoms with Crippen molar-refractivity contribution in [1.82, 2.24) is 5.16 Å². The van der Waals surface area contributed by atoms with Crippen LogP contribution in [0.4, 0.5) is 17.6 Å². The molecule has 0 atom stereocenters. The van der Waals surface area contributed by atoms with E-state index < -0.39 is 50.3 Å². The van der Waals surface area contributed by atoms with Gasteiger partial charge in [0.15, 0.2) is 5.76 Å². The number of ether oxygens (including phenoxy) is 1. The number of carbonyl (C=O) groups is 1. The molecule has 0 spiro atoms. The first kappa shape index (κ1) is 20.5. The molecule has 1 aromatic heterocycles. The third kappa shape index (κ3) is 4.29. The molecule has 0 radical (unpaired) electrons. The molecular weight excluding hydrogens is 418 g/mol. The number of benzene rings is 2. The Hall–Kier alpha value is -3.21. The number of nitrogens with zero attached hydrogens (tertiary/aromatic N) is 1. The normalized spacial score (nSPS) is 11.6. The van der Waals surface area contributed by atoms with Crippen LogP contribution in [0, 0.1) is 11.6 Å². The number of alkyl halides is 2. The first-order chi connectivity index (χ1) is 13.7. The second kappa shape index (κ2) is 8.03. The number of carbonyl (C=O) groups excluding carboxylic acids is 1. The lowest BCUT2D eigenvalue weighted by atomic mass is 10.1. The van der Waals surface area contributed by atoms with E-state index in [0.29, 0.717) is 6.07 Å². The second-order valence-electron chi connectivity index (χ2n) is 5.68. The Morgan fingerprint density at radius 1 is 1.10 bits per heavy atom. The molecule has 0 amide bonds. The van der Waals surface area contributed by atoms with Gasteiger partial charge in [-0.25, -0.2) is 22.0 Å². The Morgan fingerprint density at radius 3 is 2.52 bits per heavy atom. The van der Waals surface area contributed by atoms with Gasteiger partial charge in [-0.15, -0.1) is 0 Å². The summed E-state index contributed by atoms with van der Waals surface area (Å²) in [4.78, 5) is 11.3. The number of rotatable bonds is 6. The smallest absolute Gasteiger partial charge is 0.341 e. The van der Waals surface area contributed by atoms with Crippen LogP contribution in [-0.4, -0.2) is 25.3 Å². The fraction of sp³-hybridized carbons (Fsp3) is 0.111. The average molecular weight is 429 g/mol. The zero-order valence-electron chi connectivity index (χ0n) is 14.3. The van der Waals surface area contributed by atoms with Gasteiger partial charge in [-0.05, 0) is 24.3 Å². The largest absolute Gasteiger partial charge is 0.455 e. The number of sulfone groups is 1. The van der Waals surface area contributed by atoms with E-state index in [0.717, 1.165) is 24.3 Å². The molecule has 6 nitrogen and oxygen atoms in total. The summed E-state index contributed by atoms with van der Waals surface area (Å²) in [7, 11) is -5.02. The third-order valence-corrected chi connectivity index (χ3v) is 5.19. The maximum absolute atomic E-state index is 13.8. The van der Waals surface area contributed by atoms with E-state index in [-0.39, 0.29) is 17.0 Å². The molecule has 0 bridgehead atoms. The Morgan fingerprint density at radius 2 is 1.83 bits per heavy atom. The van der Waals surface area contributed by atoms with Crippen LogP contribution in [0.15, 0.2) is 57.9 Å². The van der Waals surface area contributed by atoms with Gasteiger partial charge in [0.25, 0.3) is 0 Å². The van der Waals surface area contributed by atoms with Crippen LogP contribution in [0.5, 0.6) is 0 Å². The van der Waals surface area contributed by atoms with Crippen LogP contribution in [0.2, 0.25) is 0 Å². The van der Waals surface area contributed by atoms with Gasteiger partial charge in [-0.3, -0.25) is 0 Å². The van der Waals surface area contributed by atoms with E-state index in [1.807, 2.05) is 0 Å². The van der Waals surface area contributed by atoms with Crippen molar-refractivity contribution in [2.45, 2.75) is 17.3 Å². The van der Waals surface area contributed by atoms with Crippen LogP contribution in [0.25, 0.3) is 11.3 Å². The fourth-order valence-corrected chi connectivity index (χ4v) is 3.31. The van der Waals surface area contributed by atoms with Crippen molar-refractivity contribution in [3.63, 3.8) is 0 Å². The Balaban J connectivity index is 1.77. The molecular formula is C18H11F4NO5S. The summed E-state index contributed by atoms with van der Waals surface area (Å²) in [5.74, 6) is -6.62. The quantitative estimate of drug-likeness (QED) is 0.435. The summed E-state index contributed by atoms with van der Waals surface area (Å²) >= 11 is 0. The van der Waals surface area contributed by atoms with Crippen molar-refractivity contribution in [2.75, 3.05) is 0 Å². The average Bonchev–Trinajstić information content (AvgIpc) is 3.14. The van der Waals surface area contributed by atoms with E-state index in [1.165, 1.54) is 18.2 Å². The fourth-order valence-electron chi connectivity index (χ4n) is 2.39. The van der Waals surface area contributed by atoms with Crippen LogP contribution >= 0.6 is 0 Å². The molecule has 3 aromatic rings. The van der Waals surface area contributed by atoms with E-state index in [2.05, 4.69) is 5.16 Å². The Bertz CT molecular complexity index is 1160. The molecule has 3 rings (SSSR count). The second-order valence-corrected chi connectivity index (χ2v) is 7.57. The van der Waals surface area contributed by atoms with E-state index in [4.69, 9.17) is 9.26 Å². The van der Waals surface area contributed by atoms with Crippen molar-refractivity contribution >= 4 is 15.8 Å².